The van der Waals surface area contributed by atoms with Crippen LogP contribution >= 0.6 is 0 Å². The maximum atomic E-state index is 13.0. The standard InChI is InChI=1S/C26H28O11/c1-3-11(2)26(34)37-25-22(33)21(32)18(10-27)36-24(25)20-15(30)8-14(29)19-16(31)9-17(35-23(19)20)12-4-6-13(28)7-5-12/h4-9,11,18,21-22,24-25,27-30,32-33H,3,10H2,1-2H3/t11?,18-,21-,22+,24+,25-/m1/s1. The van der Waals surface area contributed by atoms with Crippen molar-refractivity contribution in [2.24, 2.45) is 5.92 Å². The van der Waals surface area contributed by atoms with Crippen molar-refractivity contribution in [1.82, 2.24) is 0 Å². The summed E-state index contributed by atoms with van der Waals surface area (Å²) in [6.45, 7) is 2.64. The van der Waals surface area contributed by atoms with Gasteiger partial charge in [-0.25, -0.2) is 0 Å². The minimum atomic E-state index is -1.74. The van der Waals surface area contributed by atoms with Crippen molar-refractivity contribution >= 4 is 16.9 Å². The molecule has 3 aromatic rings. The van der Waals surface area contributed by atoms with Gasteiger partial charge in [0.25, 0.3) is 0 Å². The van der Waals surface area contributed by atoms with Crippen molar-refractivity contribution in [3.05, 3.63) is 52.2 Å². The van der Waals surface area contributed by atoms with Gasteiger partial charge in [-0.1, -0.05) is 13.8 Å². The second-order valence-corrected chi connectivity index (χ2v) is 9.02. The van der Waals surface area contributed by atoms with Gasteiger partial charge in [-0.3, -0.25) is 9.59 Å². The number of rotatable bonds is 6. The Morgan fingerprint density at radius 3 is 2.35 bits per heavy atom. The highest BCUT2D eigenvalue weighted by atomic mass is 16.6. The van der Waals surface area contributed by atoms with Crippen molar-refractivity contribution in [2.75, 3.05) is 6.61 Å². The molecule has 37 heavy (non-hydrogen) atoms. The van der Waals surface area contributed by atoms with Crippen LogP contribution in [0.4, 0.5) is 0 Å². The summed E-state index contributed by atoms with van der Waals surface area (Å²) in [4.78, 5) is 25.7. The highest BCUT2D eigenvalue weighted by Crippen LogP contribution is 2.44. The predicted octanol–water partition coefficient (Wildman–Crippen LogP) is 1.69. The van der Waals surface area contributed by atoms with Crippen molar-refractivity contribution in [3.8, 4) is 28.6 Å². The van der Waals surface area contributed by atoms with Gasteiger partial charge in [0.2, 0.25) is 0 Å². The largest absolute Gasteiger partial charge is 0.508 e. The Morgan fingerprint density at radius 1 is 1.05 bits per heavy atom. The number of hydrogen-bond donors (Lipinski definition) is 6. The molecule has 1 unspecified atom stereocenters. The van der Waals surface area contributed by atoms with Gasteiger partial charge in [-0.2, -0.15) is 0 Å². The lowest BCUT2D eigenvalue weighted by atomic mass is 9.89. The number of fused-ring (bicyclic) bond motifs is 1. The monoisotopic (exact) mass is 516 g/mol. The smallest absolute Gasteiger partial charge is 0.309 e. The van der Waals surface area contributed by atoms with Crippen molar-refractivity contribution < 1.29 is 49.3 Å². The predicted molar refractivity (Wildman–Crippen MR) is 129 cm³/mol. The third kappa shape index (κ3) is 4.86. The van der Waals surface area contributed by atoms with E-state index in [1.54, 1.807) is 13.8 Å². The molecule has 6 N–H and O–H groups in total. The normalized spacial score (nSPS) is 24.6. The molecule has 0 radical (unpaired) electrons. The summed E-state index contributed by atoms with van der Waals surface area (Å²) in [5, 5.41) is 61.6. The lowest BCUT2D eigenvalue weighted by Crippen LogP contribution is -2.56. The fourth-order valence-electron chi connectivity index (χ4n) is 4.24. The molecule has 11 nitrogen and oxygen atoms in total. The minimum absolute atomic E-state index is 0.0204. The van der Waals surface area contributed by atoms with Crippen LogP contribution in [0.3, 0.4) is 0 Å². The van der Waals surface area contributed by atoms with E-state index in [-0.39, 0.29) is 28.0 Å². The van der Waals surface area contributed by atoms with Gasteiger partial charge in [-0.05, 0) is 30.7 Å². The van der Waals surface area contributed by atoms with Gasteiger partial charge in [0.1, 0.15) is 52.8 Å². The van der Waals surface area contributed by atoms with Crippen LogP contribution in [-0.2, 0) is 14.3 Å². The van der Waals surface area contributed by atoms with Crippen LogP contribution in [0.25, 0.3) is 22.3 Å². The zero-order chi connectivity index (χ0) is 27.0. The van der Waals surface area contributed by atoms with Gasteiger partial charge in [0, 0.05) is 17.7 Å². The zero-order valence-corrected chi connectivity index (χ0v) is 20.1. The van der Waals surface area contributed by atoms with E-state index in [0.29, 0.717) is 12.0 Å². The Hall–Kier alpha value is -3.64. The fraction of sp³-hybridized carbons (Fsp3) is 0.385. The minimum Gasteiger partial charge on any atom is -0.508 e. The number of hydrogen-bond acceptors (Lipinski definition) is 11. The fourth-order valence-corrected chi connectivity index (χ4v) is 4.24. The molecule has 2 heterocycles. The topological polar surface area (TPSA) is 187 Å². The van der Waals surface area contributed by atoms with Crippen LogP contribution < -0.4 is 5.43 Å². The van der Waals surface area contributed by atoms with Crippen LogP contribution in [0, 0.1) is 5.92 Å². The van der Waals surface area contributed by atoms with E-state index in [1.807, 2.05) is 0 Å². The first-order valence-corrected chi connectivity index (χ1v) is 11.7. The van der Waals surface area contributed by atoms with E-state index in [1.165, 1.54) is 24.3 Å². The molecule has 11 heteroatoms. The summed E-state index contributed by atoms with van der Waals surface area (Å²) in [7, 11) is 0. The molecular weight excluding hydrogens is 488 g/mol. The van der Waals surface area contributed by atoms with E-state index in [4.69, 9.17) is 13.9 Å². The summed E-state index contributed by atoms with van der Waals surface area (Å²) < 4.78 is 17.2. The van der Waals surface area contributed by atoms with Gasteiger partial charge in [-0.15, -0.1) is 0 Å². The summed E-state index contributed by atoms with van der Waals surface area (Å²) in [6.07, 6.45) is -7.37. The summed E-state index contributed by atoms with van der Waals surface area (Å²) in [5.74, 6) is -2.47. The Balaban J connectivity index is 1.94. The van der Waals surface area contributed by atoms with Crippen LogP contribution in [0.1, 0.15) is 31.9 Å². The molecule has 1 saturated heterocycles. The first-order valence-electron chi connectivity index (χ1n) is 11.7. The van der Waals surface area contributed by atoms with E-state index >= 15 is 0 Å². The Morgan fingerprint density at radius 2 is 1.73 bits per heavy atom. The third-order valence-corrected chi connectivity index (χ3v) is 6.57. The number of aliphatic hydroxyl groups is 3. The summed E-state index contributed by atoms with van der Waals surface area (Å²) >= 11 is 0. The molecular formula is C26H28O11. The van der Waals surface area contributed by atoms with Crippen molar-refractivity contribution in [3.63, 3.8) is 0 Å². The molecule has 0 amide bonds. The molecule has 0 bridgehead atoms. The van der Waals surface area contributed by atoms with Gasteiger partial charge >= 0.3 is 5.97 Å². The van der Waals surface area contributed by atoms with Crippen molar-refractivity contribution in [1.29, 1.82) is 0 Å². The van der Waals surface area contributed by atoms with Crippen LogP contribution in [0.15, 0.2) is 45.6 Å². The molecule has 1 fully saturated rings. The van der Waals surface area contributed by atoms with Gasteiger partial charge < -0.3 is 44.5 Å². The number of ether oxygens (including phenoxy) is 2. The molecule has 1 aromatic heterocycles. The molecule has 1 aliphatic rings. The zero-order valence-electron chi connectivity index (χ0n) is 20.1. The molecule has 6 atom stereocenters. The molecule has 0 saturated carbocycles. The number of esters is 1. The summed E-state index contributed by atoms with van der Waals surface area (Å²) in [5.41, 5.74) is -0.843. The maximum absolute atomic E-state index is 13.0. The number of aromatic hydroxyl groups is 3. The molecule has 0 aliphatic carbocycles. The summed E-state index contributed by atoms with van der Waals surface area (Å²) in [6, 6.07) is 7.72. The second-order valence-electron chi connectivity index (χ2n) is 9.02. The third-order valence-electron chi connectivity index (χ3n) is 6.57. The van der Waals surface area contributed by atoms with E-state index in [0.717, 1.165) is 12.1 Å². The highest BCUT2D eigenvalue weighted by molar-refractivity contribution is 5.89. The SMILES string of the molecule is CCC(C)C(=O)O[C@@H]1[C@@H](O)[C@H](O)[C@@H](CO)O[C@H]1c1c(O)cc(O)c2c(=O)cc(-c3ccc(O)cc3)oc12. The van der Waals surface area contributed by atoms with Crippen LogP contribution in [-0.4, -0.2) is 67.6 Å². The molecule has 1 aliphatic heterocycles. The average molecular weight is 516 g/mol. The van der Waals surface area contributed by atoms with Gasteiger partial charge in [0.15, 0.2) is 17.1 Å². The second kappa shape index (κ2) is 10.4. The molecule has 2 aromatic carbocycles. The molecule has 0 spiro atoms. The lowest BCUT2D eigenvalue weighted by Gasteiger charge is -2.42. The van der Waals surface area contributed by atoms with E-state index < -0.39 is 65.9 Å². The Labute approximate surface area is 210 Å². The number of aliphatic hydroxyl groups excluding tert-OH is 3. The number of carbonyl (C=O) groups excluding carboxylic acids is 1. The first-order chi connectivity index (χ1) is 17.6. The van der Waals surface area contributed by atoms with E-state index in [2.05, 4.69) is 0 Å². The number of carbonyl (C=O) groups is 1. The van der Waals surface area contributed by atoms with Crippen molar-refractivity contribution in [2.45, 2.75) is 50.8 Å². The molecule has 4 rings (SSSR count). The highest BCUT2D eigenvalue weighted by Gasteiger charge is 2.49. The van der Waals surface area contributed by atoms with Crippen LogP contribution in [0.5, 0.6) is 17.2 Å². The maximum Gasteiger partial charge on any atom is 0.309 e. The quantitative estimate of drug-likeness (QED) is 0.262. The molecule has 198 valence electrons. The average Bonchev–Trinajstić information content (AvgIpc) is 2.87. The lowest BCUT2D eigenvalue weighted by molar-refractivity contribution is -0.242. The first kappa shape index (κ1) is 26.4. The van der Waals surface area contributed by atoms with Crippen LogP contribution in [0.2, 0.25) is 0 Å². The Bertz CT molecular complexity index is 1350. The number of benzene rings is 2. The van der Waals surface area contributed by atoms with E-state index in [9.17, 15) is 40.2 Å². The number of phenolic OH excluding ortho intramolecular Hbond substituents is 3. The van der Waals surface area contributed by atoms with Gasteiger partial charge in [0.05, 0.1) is 18.1 Å². The Kier molecular flexibility index (Phi) is 7.42. The number of phenols is 3.